The summed E-state index contributed by atoms with van der Waals surface area (Å²) in [6, 6.07) is 2.69. The molecule has 0 saturated carbocycles. The van der Waals surface area contributed by atoms with Crippen LogP contribution in [0.2, 0.25) is 5.02 Å². The van der Waals surface area contributed by atoms with Crippen LogP contribution in [0, 0.1) is 0 Å². The summed E-state index contributed by atoms with van der Waals surface area (Å²) in [5.74, 6) is -0.731. The summed E-state index contributed by atoms with van der Waals surface area (Å²) in [7, 11) is 1.13. The summed E-state index contributed by atoms with van der Waals surface area (Å²) in [5.41, 5.74) is -0.993. The van der Waals surface area contributed by atoms with E-state index in [-0.39, 0.29) is 5.56 Å². The van der Waals surface area contributed by atoms with Crippen LogP contribution >= 0.6 is 11.6 Å². The van der Waals surface area contributed by atoms with E-state index in [0.717, 1.165) is 25.3 Å². The molecule has 0 radical (unpaired) electrons. The highest BCUT2D eigenvalue weighted by molar-refractivity contribution is 6.31. The van der Waals surface area contributed by atoms with Gasteiger partial charge < -0.3 is 4.74 Å². The highest BCUT2D eigenvalue weighted by Gasteiger charge is 2.33. The van der Waals surface area contributed by atoms with E-state index in [2.05, 4.69) is 4.74 Å². The Balaban J connectivity index is 3.15. The van der Waals surface area contributed by atoms with E-state index < -0.39 is 22.7 Å². The fourth-order valence-corrected chi connectivity index (χ4v) is 1.28. The molecule has 0 amide bonds. The van der Waals surface area contributed by atoms with Crippen LogP contribution in [0.5, 0.6) is 0 Å². The number of carbonyl (C=O) groups is 1. The topological polar surface area (TPSA) is 26.3 Å². The van der Waals surface area contributed by atoms with Crippen LogP contribution in [0.3, 0.4) is 0 Å². The standard InChI is InChI=1S/C9H6ClF3O2/c1-15-8(14)5-2-3-6(7(10)4-5)9(11,12)13/h2-4H,1H3. The summed E-state index contributed by atoms with van der Waals surface area (Å²) in [5, 5.41) is -0.523. The number of benzene rings is 1. The number of esters is 1. The highest BCUT2D eigenvalue weighted by Crippen LogP contribution is 2.34. The molecule has 0 aromatic heterocycles. The molecule has 15 heavy (non-hydrogen) atoms. The highest BCUT2D eigenvalue weighted by atomic mass is 35.5. The van der Waals surface area contributed by atoms with Crippen molar-refractivity contribution in [3.63, 3.8) is 0 Å². The second-order valence-corrected chi connectivity index (χ2v) is 3.09. The molecular weight excluding hydrogens is 233 g/mol. The summed E-state index contributed by atoms with van der Waals surface area (Å²) in [4.78, 5) is 11.0. The average molecular weight is 239 g/mol. The first-order chi connectivity index (χ1) is 6.86. The van der Waals surface area contributed by atoms with E-state index in [1.807, 2.05) is 0 Å². The van der Waals surface area contributed by atoms with E-state index in [0.29, 0.717) is 0 Å². The third kappa shape index (κ3) is 2.62. The van der Waals surface area contributed by atoms with Crippen LogP contribution in [-0.4, -0.2) is 13.1 Å². The van der Waals surface area contributed by atoms with E-state index >= 15 is 0 Å². The normalized spacial score (nSPS) is 11.3. The molecule has 0 aliphatic carbocycles. The summed E-state index contributed by atoms with van der Waals surface area (Å²) in [6.07, 6.45) is -4.52. The zero-order chi connectivity index (χ0) is 11.6. The van der Waals surface area contributed by atoms with Gasteiger partial charge >= 0.3 is 12.1 Å². The minimum atomic E-state index is -4.52. The molecule has 0 aliphatic heterocycles. The van der Waals surface area contributed by atoms with Gasteiger partial charge in [0.05, 0.1) is 23.3 Å². The van der Waals surface area contributed by atoms with Gasteiger partial charge in [-0.15, -0.1) is 0 Å². The van der Waals surface area contributed by atoms with Crippen molar-refractivity contribution in [2.24, 2.45) is 0 Å². The van der Waals surface area contributed by atoms with Crippen LogP contribution in [0.25, 0.3) is 0 Å². The second-order valence-electron chi connectivity index (χ2n) is 2.68. The summed E-state index contributed by atoms with van der Waals surface area (Å²) >= 11 is 5.39. The van der Waals surface area contributed by atoms with Crippen molar-refractivity contribution >= 4 is 17.6 Å². The zero-order valence-electron chi connectivity index (χ0n) is 7.56. The number of hydrogen-bond donors (Lipinski definition) is 0. The van der Waals surface area contributed by atoms with Gasteiger partial charge in [0.25, 0.3) is 0 Å². The fraction of sp³-hybridized carbons (Fsp3) is 0.222. The molecule has 0 fully saturated rings. The maximum atomic E-state index is 12.3. The van der Waals surface area contributed by atoms with Gasteiger partial charge in [-0.25, -0.2) is 4.79 Å². The summed E-state index contributed by atoms with van der Waals surface area (Å²) < 4.78 is 41.1. The molecule has 0 heterocycles. The van der Waals surface area contributed by atoms with Gasteiger partial charge in [-0.2, -0.15) is 13.2 Å². The van der Waals surface area contributed by atoms with Crippen molar-refractivity contribution in [2.45, 2.75) is 6.18 Å². The second kappa shape index (κ2) is 4.10. The van der Waals surface area contributed by atoms with Gasteiger partial charge in [-0.05, 0) is 18.2 Å². The van der Waals surface area contributed by atoms with Crippen LogP contribution < -0.4 is 0 Å². The molecular formula is C9H6ClF3O2. The predicted molar refractivity (Wildman–Crippen MR) is 47.8 cm³/mol. The molecule has 82 valence electrons. The molecule has 0 bridgehead atoms. The number of hydrogen-bond acceptors (Lipinski definition) is 2. The first-order valence-corrected chi connectivity index (χ1v) is 4.19. The molecule has 0 saturated heterocycles. The van der Waals surface area contributed by atoms with Crippen molar-refractivity contribution in [3.8, 4) is 0 Å². The first-order valence-electron chi connectivity index (χ1n) is 3.81. The van der Waals surface area contributed by atoms with Gasteiger partial charge in [-0.1, -0.05) is 11.6 Å². The van der Waals surface area contributed by atoms with Gasteiger partial charge in [0.15, 0.2) is 0 Å². The van der Waals surface area contributed by atoms with E-state index in [1.165, 1.54) is 0 Å². The van der Waals surface area contributed by atoms with Crippen LogP contribution in [0.15, 0.2) is 18.2 Å². The lowest BCUT2D eigenvalue weighted by Crippen LogP contribution is -2.08. The lowest BCUT2D eigenvalue weighted by Gasteiger charge is -2.09. The molecule has 0 N–H and O–H groups in total. The Morgan fingerprint density at radius 1 is 1.40 bits per heavy atom. The van der Waals surface area contributed by atoms with Crippen LogP contribution in [0.4, 0.5) is 13.2 Å². The van der Waals surface area contributed by atoms with Crippen molar-refractivity contribution in [2.75, 3.05) is 7.11 Å². The third-order valence-corrected chi connectivity index (χ3v) is 2.01. The minimum Gasteiger partial charge on any atom is -0.465 e. The van der Waals surface area contributed by atoms with E-state index in [4.69, 9.17) is 11.6 Å². The lowest BCUT2D eigenvalue weighted by molar-refractivity contribution is -0.137. The number of rotatable bonds is 1. The molecule has 2 nitrogen and oxygen atoms in total. The Bertz CT molecular complexity index is 387. The predicted octanol–water partition coefficient (Wildman–Crippen LogP) is 3.15. The smallest absolute Gasteiger partial charge is 0.417 e. The first kappa shape index (κ1) is 11.8. The number of alkyl halides is 3. The van der Waals surface area contributed by atoms with Crippen molar-refractivity contribution in [3.05, 3.63) is 34.3 Å². The molecule has 0 unspecified atom stereocenters. The largest absolute Gasteiger partial charge is 0.465 e. The third-order valence-electron chi connectivity index (χ3n) is 1.70. The molecule has 1 aromatic rings. The quantitative estimate of drug-likeness (QED) is 0.703. The van der Waals surface area contributed by atoms with E-state index in [9.17, 15) is 18.0 Å². The maximum Gasteiger partial charge on any atom is 0.417 e. The fourth-order valence-electron chi connectivity index (χ4n) is 0.990. The number of methoxy groups -OCH3 is 1. The molecule has 0 spiro atoms. The summed E-state index contributed by atoms with van der Waals surface area (Å²) in [6.45, 7) is 0. The SMILES string of the molecule is COC(=O)c1ccc(C(F)(F)F)c(Cl)c1. The van der Waals surface area contributed by atoms with Crippen LogP contribution in [0.1, 0.15) is 15.9 Å². The Morgan fingerprint density at radius 2 is 2.00 bits per heavy atom. The van der Waals surface area contributed by atoms with Crippen molar-refractivity contribution in [1.82, 2.24) is 0 Å². The molecule has 0 aliphatic rings. The number of carbonyl (C=O) groups excluding carboxylic acids is 1. The van der Waals surface area contributed by atoms with Gasteiger partial charge in [0, 0.05) is 0 Å². The lowest BCUT2D eigenvalue weighted by atomic mass is 10.1. The Labute approximate surface area is 88.6 Å². The van der Waals surface area contributed by atoms with Gasteiger partial charge in [-0.3, -0.25) is 0 Å². The zero-order valence-corrected chi connectivity index (χ0v) is 8.32. The monoisotopic (exact) mass is 238 g/mol. The molecule has 1 rings (SSSR count). The van der Waals surface area contributed by atoms with Crippen molar-refractivity contribution < 1.29 is 22.7 Å². The minimum absolute atomic E-state index is 0.0181. The van der Waals surface area contributed by atoms with Crippen molar-refractivity contribution in [1.29, 1.82) is 0 Å². The molecule has 0 atom stereocenters. The Morgan fingerprint density at radius 3 is 2.40 bits per heavy atom. The van der Waals surface area contributed by atoms with E-state index in [1.54, 1.807) is 0 Å². The van der Waals surface area contributed by atoms with Gasteiger partial charge in [0.2, 0.25) is 0 Å². The average Bonchev–Trinajstić information content (AvgIpc) is 2.14. The molecule has 6 heteroatoms. The molecule has 1 aromatic carbocycles. The Kier molecular flexibility index (Phi) is 3.24. The van der Waals surface area contributed by atoms with Crippen LogP contribution in [-0.2, 0) is 10.9 Å². The number of halogens is 4. The van der Waals surface area contributed by atoms with Gasteiger partial charge in [0.1, 0.15) is 0 Å². The number of ether oxygens (including phenoxy) is 1. The Hall–Kier alpha value is -1.23. The maximum absolute atomic E-state index is 12.3.